The fourth-order valence-corrected chi connectivity index (χ4v) is 2.17. The van der Waals surface area contributed by atoms with Gasteiger partial charge >= 0.3 is 0 Å². The Balaban J connectivity index is 2.21. The van der Waals surface area contributed by atoms with Crippen LogP contribution in [0.4, 0.5) is 0 Å². The molecule has 0 bridgehead atoms. The Morgan fingerprint density at radius 2 is 1.95 bits per heavy atom. The molecule has 1 aromatic carbocycles. The first-order valence-corrected chi connectivity index (χ1v) is 7.36. The second-order valence-corrected chi connectivity index (χ2v) is 6.85. The number of halogens is 2. The molecule has 2 rings (SSSR count). The zero-order chi connectivity index (χ0) is 14.8. The monoisotopic (exact) mass is 308 g/mol. The normalized spacial score (nSPS) is 12.4. The molecule has 4 heteroatoms. The lowest BCUT2D eigenvalue weighted by molar-refractivity contribution is 0.385. The Labute approximate surface area is 129 Å². The van der Waals surface area contributed by atoms with Gasteiger partial charge < -0.3 is 0 Å². The van der Waals surface area contributed by atoms with Crippen LogP contribution in [0.5, 0.6) is 0 Å². The van der Waals surface area contributed by atoms with Crippen molar-refractivity contribution in [1.82, 2.24) is 4.98 Å². The van der Waals surface area contributed by atoms with Crippen molar-refractivity contribution in [2.24, 2.45) is 10.4 Å². The van der Waals surface area contributed by atoms with Crippen LogP contribution in [0, 0.1) is 5.41 Å². The van der Waals surface area contributed by atoms with Crippen LogP contribution < -0.4 is 0 Å². The molecule has 0 fully saturated rings. The highest BCUT2D eigenvalue weighted by Crippen LogP contribution is 2.23. The van der Waals surface area contributed by atoms with Gasteiger partial charge in [-0.2, -0.15) is 0 Å². The molecule has 0 unspecified atom stereocenters. The van der Waals surface area contributed by atoms with Gasteiger partial charge in [-0.1, -0.05) is 44.0 Å². The van der Waals surface area contributed by atoms with Crippen molar-refractivity contribution < 1.29 is 0 Å². The molecule has 1 heterocycles. The van der Waals surface area contributed by atoms with Crippen molar-refractivity contribution in [3.63, 3.8) is 0 Å². The topological polar surface area (TPSA) is 25.2 Å². The van der Waals surface area contributed by atoms with Gasteiger partial charge in [-0.15, -0.1) is 0 Å². The minimum atomic E-state index is 0.288. The first-order valence-electron chi connectivity index (χ1n) is 6.61. The van der Waals surface area contributed by atoms with Gasteiger partial charge in [-0.3, -0.25) is 4.99 Å². The molecule has 0 aliphatic rings. The Kier molecular flexibility index (Phi) is 4.66. The molecule has 0 spiro atoms. The lowest BCUT2D eigenvalue weighted by atomic mass is 9.92. The minimum Gasteiger partial charge on any atom is -0.292 e. The summed E-state index contributed by atoms with van der Waals surface area (Å²) >= 11 is 12.2. The number of hydrogen-bond acceptors (Lipinski definition) is 2. The van der Waals surface area contributed by atoms with E-state index < -0.39 is 0 Å². The first-order chi connectivity index (χ1) is 9.35. The van der Waals surface area contributed by atoms with Crippen LogP contribution in [0.25, 0.3) is 10.9 Å². The summed E-state index contributed by atoms with van der Waals surface area (Å²) in [6, 6.07) is 7.53. The SMILES string of the molecule is CC(C)(C)CC/N=C/c1cc2cc(Cl)ccc2nc1Cl. The van der Waals surface area contributed by atoms with Crippen molar-refractivity contribution >= 4 is 40.3 Å². The highest BCUT2D eigenvalue weighted by atomic mass is 35.5. The summed E-state index contributed by atoms with van der Waals surface area (Å²) in [4.78, 5) is 8.79. The average molecular weight is 309 g/mol. The van der Waals surface area contributed by atoms with Crippen LogP contribution in [-0.4, -0.2) is 17.7 Å². The number of aliphatic imine (C=N–C) groups is 1. The second-order valence-electron chi connectivity index (χ2n) is 6.05. The number of fused-ring (bicyclic) bond motifs is 1. The molecule has 0 saturated carbocycles. The van der Waals surface area contributed by atoms with Gasteiger partial charge in [0, 0.05) is 28.7 Å². The maximum atomic E-state index is 6.18. The van der Waals surface area contributed by atoms with E-state index in [-0.39, 0.29) is 5.41 Å². The number of hydrogen-bond donors (Lipinski definition) is 0. The summed E-state index contributed by atoms with van der Waals surface area (Å²) in [6.45, 7) is 7.40. The van der Waals surface area contributed by atoms with Crippen molar-refractivity contribution in [3.05, 3.63) is 40.0 Å². The molecule has 2 nitrogen and oxygen atoms in total. The van der Waals surface area contributed by atoms with Gasteiger partial charge in [0.15, 0.2) is 0 Å². The molecule has 0 N–H and O–H groups in total. The smallest absolute Gasteiger partial charge is 0.138 e. The lowest BCUT2D eigenvalue weighted by Crippen LogP contribution is -2.06. The van der Waals surface area contributed by atoms with Crippen molar-refractivity contribution in [2.45, 2.75) is 27.2 Å². The predicted molar refractivity (Wildman–Crippen MR) is 88.3 cm³/mol. The van der Waals surface area contributed by atoms with E-state index in [4.69, 9.17) is 23.2 Å². The number of rotatable bonds is 3. The Bertz CT molecular complexity index is 643. The Morgan fingerprint density at radius 1 is 1.20 bits per heavy atom. The lowest BCUT2D eigenvalue weighted by Gasteiger charge is -2.15. The third-order valence-electron chi connectivity index (χ3n) is 2.98. The van der Waals surface area contributed by atoms with Crippen LogP contribution in [0.1, 0.15) is 32.8 Å². The van der Waals surface area contributed by atoms with E-state index in [2.05, 4.69) is 30.7 Å². The number of benzene rings is 1. The summed E-state index contributed by atoms with van der Waals surface area (Å²) in [5, 5.41) is 2.13. The van der Waals surface area contributed by atoms with Crippen molar-refractivity contribution in [3.8, 4) is 0 Å². The van der Waals surface area contributed by atoms with Gasteiger partial charge in [-0.25, -0.2) is 4.98 Å². The number of pyridine rings is 1. The summed E-state index contributed by atoms with van der Waals surface area (Å²) in [6.07, 6.45) is 2.83. The third-order valence-corrected chi connectivity index (χ3v) is 3.52. The van der Waals surface area contributed by atoms with Gasteiger partial charge in [0.05, 0.1) is 5.52 Å². The zero-order valence-electron chi connectivity index (χ0n) is 12.0. The molecule has 0 atom stereocenters. The molecule has 20 heavy (non-hydrogen) atoms. The van der Waals surface area contributed by atoms with Crippen molar-refractivity contribution in [2.75, 3.05) is 6.54 Å². The Hall–Kier alpha value is -1.12. The van der Waals surface area contributed by atoms with E-state index >= 15 is 0 Å². The maximum absolute atomic E-state index is 6.18. The van der Waals surface area contributed by atoms with Crippen LogP contribution in [0.15, 0.2) is 29.3 Å². The molecule has 1 aromatic heterocycles. The van der Waals surface area contributed by atoms with Gasteiger partial charge in [-0.05, 0) is 36.1 Å². The number of aromatic nitrogens is 1. The van der Waals surface area contributed by atoms with E-state index in [0.717, 1.165) is 29.4 Å². The molecular weight excluding hydrogens is 291 g/mol. The Morgan fingerprint density at radius 3 is 2.65 bits per heavy atom. The average Bonchev–Trinajstić information content (AvgIpc) is 2.34. The first kappa shape index (κ1) is 15.3. The molecule has 2 aromatic rings. The maximum Gasteiger partial charge on any atom is 0.138 e. The van der Waals surface area contributed by atoms with Crippen LogP contribution >= 0.6 is 23.2 Å². The molecule has 0 amide bonds. The molecule has 0 aliphatic heterocycles. The van der Waals surface area contributed by atoms with Gasteiger partial charge in [0.2, 0.25) is 0 Å². The van der Waals surface area contributed by atoms with E-state index in [9.17, 15) is 0 Å². The van der Waals surface area contributed by atoms with E-state index in [0.29, 0.717) is 10.2 Å². The molecule has 0 aliphatic carbocycles. The van der Waals surface area contributed by atoms with Crippen LogP contribution in [0.3, 0.4) is 0 Å². The standard InChI is InChI=1S/C16H18Cl2N2/c1-16(2,3)6-7-19-10-12-8-11-9-13(17)4-5-14(11)20-15(12)18/h4-5,8-10H,6-7H2,1-3H3/b19-10+. The predicted octanol–water partition coefficient (Wildman–Crippen LogP) is 5.40. The summed E-state index contributed by atoms with van der Waals surface area (Å²) in [7, 11) is 0. The second kappa shape index (κ2) is 6.11. The van der Waals surface area contributed by atoms with Crippen LogP contribution in [-0.2, 0) is 0 Å². The minimum absolute atomic E-state index is 0.288. The largest absolute Gasteiger partial charge is 0.292 e. The van der Waals surface area contributed by atoms with Crippen molar-refractivity contribution in [1.29, 1.82) is 0 Å². The van der Waals surface area contributed by atoms with E-state index in [1.807, 2.05) is 24.3 Å². The zero-order valence-corrected chi connectivity index (χ0v) is 13.5. The molecule has 0 saturated heterocycles. The van der Waals surface area contributed by atoms with Gasteiger partial charge in [0.25, 0.3) is 0 Å². The molecule has 106 valence electrons. The van der Waals surface area contributed by atoms with E-state index in [1.165, 1.54) is 0 Å². The van der Waals surface area contributed by atoms with E-state index in [1.54, 1.807) is 6.21 Å². The summed E-state index contributed by atoms with van der Waals surface area (Å²) < 4.78 is 0. The highest BCUT2D eigenvalue weighted by molar-refractivity contribution is 6.33. The summed E-state index contributed by atoms with van der Waals surface area (Å²) in [5.74, 6) is 0. The number of nitrogens with zero attached hydrogens (tertiary/aromatic N) is 2. The fraction of sp³-hybridized carbons (Fsp3) is 0.375. The third kappa shape index (κ3) is 4.19. The van der Waals surface area contributed by atoms with Gasteiger partial charge in [0.1, 0.15) is 5.15 Å². The summed E-state index contributed by atoms with van der Waals surface area (Å²) in [5.41, 5.74) is 1.96. The van der Waals surface area contributed by atoms with Crippen LogP contribution in [0.2, 0.25) is 10.2 Å². The highest BCUT2D eigenvalue weighted by Gasteiger charge is 2.08. The molecule has 0 radical (unpaired) electrons. The quantitative estimate of drug-likeness (QED) is 0.550. The molecular formula is C16H18Cl2N2. The fourth-order valence-electron chi connectivity index (χ4n) is 1.79.